The molecule has 0 aliphatic heterocycles. The molecule has 1 fully saturated rings. The molecule has 0 aromatic carbocycles. The largest absolute Gasteiger partial charge is 0.434 e. The summed E-state index contributed by atoms with van der Waals surface area (Å²) in [4.78, 5) is 24.4. The predicted molar refractivity (Wildman–Crippen MR) is 86.7 cm³/mol. The SMILES string of the molecule is CCc1cc(=P)oc2nc(ON=C3CCCCC3)[nH]c(=O)c12. The van der Waals surface area contributed by atoms with Crippen molar-refractivity contribution in [1.82, 2.24) is 9.97 Å². The van der Waals surface area contributed by atoms with E-state index in [0.29, 0.717) is 16.9 Å². The maximum absolute atomic E-state index is 12.2. The van der Waals surface area contributed by atoms with Gasteiger partial charge in [0.05, 0.1) is 5.71 Å². The molecule has 0 unspecified atom stereocenters. The van der Waals surface area contributed by atoms with Gasteiger partial charge in [0.1, 0.15) is 10.5 Å². The lowest BCUT2D eigenvalue weighted by Gasteiger charge is -2.11. The van der Waals surface area contributed by atoms with Crippen LogP contribution in [0.15, 0.2) is 20.4 Å². The van der Waals surface area contributed by atoms with Crippen LogP contribution in [0.2, 0.25) is 0 Å². The number of oxime groups is 1. The van der Waals surface area contributed by atoms with Gasteiger partial charge in [0.15, 0.2) is 0 Å². The van der Waals surface area contributed by atoms with E-state index in [1.54, 1.807) is 6.07 Å². The van der Waals surface area contributed by atoms with Gasteiger partial charge in [-0.15, -0.1) is 0 Å². The molecule has 116 valence electrons. The molecule has 7 heteroatoms. The van der Waals surface area contributed by atoms with Gasteiger partial charge in [-0.25, -0.2) is 0 Å². The smallest absolute Gasteiger partial charge is 0.329 e. The van der Waals surface area contributed by atoms with Gasteiger partial charge in [0.2, 0.25) is 5.71 Å². The normalized spacial score (nSPS) is 15.0. The van der Waals surface area contributed by atoms with Crippen molar-refractivity contribution in [2.75, 3.05) is 0 Å². The maximum atomic E-state index is 12.2. The van der Waals surface area contributed by atoms with Gasteiger partial charge in [-0.1, -0.05) is 27.4 Å². The van der Waals surface area contributed by atoms with E-state index in [-0.39, 0.29) is 17.3 Å². The lowest BCUT2D eigenvalue weighted by Crippen LogP contribution is -2.12. The van der Waals surface area contributed by atoms with Gasteiger partial charge in [-0.2, -0.15) is 4.98 Å². The molecule has 0 saturated heterocycles. The second-order valence-electron chi connectivity index (χ2n) is 5.35. The van der Waals surface area contributed by atoms with Crippen LogP contribution in [0.1, 0.15) is 44.6 Å². The van der Waals surface area contributed by atoms with E-state index >= 15 is 0 Å². The van der Waals surface area contributed by atoms with E-state index in [1.165, 1.54) is 6.42 Å². The highest BCUT2D eigenvalue weighted by molar-refractivity contribution is 7.06. The van der Waals surface area contributed by atoms with Crippen LogP contribution in [0.5, 0.6) is 6.01 Å². The zero-order chi connectivity index (χ0) is 15.5. The molecule has 0 spiro atoms. The first-order valence-electron chi connectivity index (χ1n) is 7.52. The maximum Gasteiger partial charge on any atom is 0.329 e. The monoisotopic (exact) mass is 319 g/mol. The Morgan fingerprint density at radius 2 is 2.18 bits per heavy atom. The summed E-state index contributed by atoms with van der Waals surface area (Å²) < 4.78 is 5.47. The number of H-pyrrole nitrogens is 1. The highest BCUT2D eigenvalue weighted by Crippen LogP contribution is 2.18. The molecule has 2 heterocycles. The molecule has 1 N–H and O–H groups in total. The fourth-order valence-electron chi connectivity index (χ4n) is 2.63. The minimum Gasteiger partial charge on any atom is -0.434 e. The number of aromatic nitrogens is 2. The quantitative estimate of drug-likeness (QED) is 0.694. The van der Waals surface area contributed by atoms with Crippen molar-refractivity contribution >= 4 is 25.7 Å². The van der Waals surface area contributed by atoms with Crippen LogP contribution in [0.25, 0.3) is 11.1 Å². The Balaban J connectivity index is 1.98. The molecule has 3 rings (SSSR count). The van der Waals surface area contributed by atoms with Gasteiger partial charge < -0.3 is 9.25 Å². The summed E-state index contributed by atoms with van der Waals surface area (Å²) in [5.74, 6) is 0. The van der Waals surface area contributed by atoms with E-state index in [0.717, 1.165) is 37.0 Å². The summed E-state index contributed by atoms with van der Waals surface area (Å²) in [5.41, 5.74) is 1.84. The summed E-state index contributed by atoms with van der Waals surface area (Å²) in [6, 6.07) is 1.83. The summed E-state index contributed by atoms with van der Waals surface area (Å²) in [7, 11) is 3.34. The second-order valence-corrected chi connectivity index (χ2v) is 5.84. The lowest BCUT2D eigenvalue weighted by atomic mass is 9.99. The Morgan fingerprint density at radius 1 is 1.41 bits per heavy atom. The summed E-state index contributed by atoms with van der Waals surface area (Å²) in [6.45, 7) is 1.97. The number of aryl methyl sites for hydroxylation is 1. The van der Waals surface area contributed by atoms with E-state index in [1.807, 2.05) is 6.92 Å². The molecule has 1 aliphatic carbocycles. The van der Waals surface area contributed by atoms with Crippen molar-refractivity contribution in [2.24, 2.45) is 5.16 Å². The topological polar surface area (TPSA) is 80.5 Å². The molecule has 1 saturated carbocycles. The molecule has 2 aromatic heterocycles. The van der Waals surface area contributed by atoms with Crippen molar-refractivity contribution in [1.29, 1.82) is 0 Å². The van der Waals surface area contributed by atoms with Crippen molar-refractivity contribution in [3.63, 3.8) is 0 Å². The number of aromatic amines is 1. The van der Waals surface area contributed by atoms with Gasteiger partial charge in [-0.05, 0) is 43.7 Å². The zero-order valence-electron chi connectivity index (χ0n) is 12.4. The predicted octanol–water partition coefficient (Wildman–Crippen LogP) is 3.45. The number of hydrogen-bond acceptors (Lipinski definition) is 5. The molecule has 22 heavy (non-hydrogen) atoms. The van der Waals surface area contributed by atoms with Crippen molar-refractivity contribution in [3.05, 3.63) is 27.1 Å². The van der Waals surface area contributed by atoms with Crippen LogP contribution in [0.3, 0.4) is 0 Å². The average molecular weight is 319 g/mol. The molecule has 0 amide bonds. The van der Waals surface area contributed by atoms with Gasteiger partial charge >= 0.3 is 6.01 Å². The first kappa shape index (κ1) is 15.0. The Bertz CT molecular complexity index is 830. The van der Waals surface area contributed by atoms with E-state index in [4.69, 9.17) is 9.25 Å². The lowest BCUT2D eigenvalue weighted by molar-refractivity contribution is 0.307. The molecular weight excluding hydrogens is 301 g/mol. The fraction of sp³-hybridized carbons (Fsp3) is 0.467. The van der Waals surface area contributed by atoms with Crippen molar-refractivity contribution in [2.45, 2.75) is 45.4 Å². The van der Waals surface area contributed by atoms with Crippen LogP contribution in [-0.4, -0.2) is 15.7 Å². The third-order valence-corrected chi connectivity index (χ3v) is 4.02. The number of nitrogens with zero attached hydrogens (tertiary/aromatic N) is 2. The Kier molecular flexibility index (Phi) is 4.39. The van der Waals surface area contributed by atoms with E-state index in [2.05, 4.69) is 24.0 Å². The van der Waals surface area contributed by atoms with Crippen LogP contribution < -0.4 is 10.4 Å². The minimum atomic E-state index is -0.281. The van der Waals surface area contributed by atoms with Crippen LogP contribution in [0, 0.1) is 5.14 Å². The highest BCUT2D eigenvalue weighted by Gasteiger charge is 2.12. The highest BCUT2D eigenvalue weighted by atomic mass is 31.0. The number of rotatable bonds is 3. The average Bonchev–Trinajstić information content (AvgIpc) is 2.52. The Morgan fingerprint density at radius 3 is 2.91 bits per heavy atom. The van der Waals surface area contributed by atoms with Gasteiger partial charge in [0.25, 0.3) is 5.56 Å². The molecule has 1 aliphatic rings. The molecular formula is C15H18N3O3P. The number of nitrogens with one attached hydrogen (secondary N) is 1. The molecule has 0 atom stereocenters. The van der Waals surface area contributed by atoms with E-state index in [9.17, 15) is 4.79 Å². The molecule has 0 radical (unpaired) electrons. The van der Waals surface area contributed by atoms with Crippen LogP contribution in [-0.2, 0) is 6.42 Å². The fourth-order valence-corrected chi connectivity index (χ4v) is 2.91. The Hall–Kier alpha value is -1.94. The first-order chi connectivity index (χ1) is 10.7. The minimum absolute atomic E-state index is 0.0543. The third kappa shape index (κ3) is 3.12. The van der Waals surface area contributed by atoms with Gasteiger partial charge in [0, 0.05) is 0 Å². The molecule has 0 bridgehead atoms. The second kappa shape index (κ2) is 6.44. The summed E-state index contributed by atoms with van der Waals surface area (Å²) in [5, 5.41) is 5.06. The zero-order valence-corrected chi connectivity index (χ0v) is 13.4. The molecule has 2 aromatic rings. The van der Waals surface area contributed by atoms with Crippen LogP contribution >= 0.6 is 8.86 Å². The van der Waals surface area contributed by atoms with Crippen molar-refractivity contribution in [3.8, 4) is 6.01 Å². The van der Waals surface area contributed by atoms with E-state index < -0.39 is 0 Å². The number of hydrogen-bond donors (Lipinski definition) is 1. The standard InChI is InChI=1S/C15H18N3O3P/c1-2-9-8-11(22)20-14-12(9)13(19)16-15(17-14)21-18-10-6-4-3-5-7-10/h8,22H,2-7H2,1H3,(H,16,17,19). The first-order valence-corrected chi connectivity index (χ1v) is 8.02. The molecule has 6 nitrogen and oxygen atoms in total. The van der Waals surface area contributed by atoms with Crippen LogP contribution in [0.4, 0.5) is 0 Å². The summed E-state index contributed by atoms with van der Waals surface area (Å²) in [6.07, 6.45) is 6.08. The summed E-state index contributed by atoms with van der Waals surface area (Å²) >= 11 is 0. The third-order valence-electron chi connectivity index (χ3n) is 3.77. The van der Waals surface area contributed by atoms with Gasteiger partial charge in [-0.3, -0.25) is 9.78 Å². The van der Waals surface area contributed by atoms with Crippen molar-refractivity contribution < 1.29 is 9.25 Å². The Labute approximate surface area is 129 Å². The number of fused-ring (bicyclic) bond motifs is 1.